The molecule has 1 aromatic carbocycles. The Kier molecular flexibility index (Phi) is 8.56. The first-order valence-corrected chi connectivity index (χ1v) is 7.94. The van der Waals surface area contributed by atoms with Crippen molar-refractivity contribution in [1.82, 2.24) is 5.32 Å². The molecule has 0 saturated heterocycles. The molecule has 1 N–H and O–H groups in total. The Bertz CT molecular complexity index is 335. The van der Waals surface area contributed by atoms with Crippen LogP contribution >= 0.6 is 0 Å². The zero-order chi connectivity index (χ0) is 14.8. The molecule has 1 aromatic rings. The molecule has 0 fully saturated rings. The molecule has 2 heteroatoms. The van der Waals surface area contributed by atoms with E-state index in [4.69, 9.17) is 4.74 Å². The van der Waals surface area contributed by atoms with Gasteiger partial charge in [-0.3, -0.25) is 0 Å². The lowest BCUT2D eigenvalue weighted by molar-refractivity contribution is 0.125. The molecule has 114 valence electrons. The van der Waals surface area contributed by atoms with E-state index in [2.05, 4.69) is 63.3 Å². The molecule has 0 saturated carbocycles. The van der Waals surface area contributed by atoms with Crippen molar-refractivity contribution in [3.8, 4) is 0 Å². The third-order valence-electron chi connectivity index (χ3n) is 3.66. The summed E-state index contributed by atoms with van der Waals surface area (Å²) in [5, 5.41) is 3.53. The third-order valence-corrected chi connectivity index (χ3v) is 3.66. The van der Waals surface area contributed by atoms with E-state index < -0.39 is 0 Å². The molecule has 1 unspecified atom stereocenters. The van der Waals surface area contributed by atoms with E-state index in [0.29, 0.717) is 11.8 Å². The van der Waals surface area contributed by atoms with Crippen molar-refractivity contribution in [2.45, 2.75) is 40.0 Å². The van der Waals surface area contributed by atoms with Crippen molar-refractivity contribution in [1.29, 1.82) is 0 Å². The van der Waals surface area contributed by atoms with Crippen LogP contribution in [0.1, 0.15) is 45.6 Å². The van der Waals surface area contributed by atoms with Crippen LogP contribution in [0.2, 0.25) is 0 Å². The maximum absolute atomic E-state index is 5.63. The summed E-state index contributed by atoms with van der Waals surface area (Å²) in [5.41, 5.74) is 1.43. The van der Waals surface area contributed by atoms with Gasteiger partial charge in [0.05, 0.1) is 6.61 Å². The van der Waals surface area contributed by atoms with Crippen molar-refractivity contribution in [2.24, 2.45) is 11.8 Å². The van der Waals surface area contributed by atoms with Gasteiger partial charge in [0, 0.05) is 19.7 Å². The smallest absolute Gasteiger partial charge is 0.0590 e. The Morgan fingerprint density at radius 3 is 2.30 bits per heavy atom. The molecule has 0 radical (unpaired) electrons. The van der Waals surface area contributed by atoms with E-state index in [9.17, 15) is 0 Å². The van der Waals surface area contributed by atoms with Gasteiger partial charge in [-0.15, -0.1) is 0 Å². The van der Waals surface area contributed by atoms with Crippen LogP contribution in [0, 0.1) is 11.8 Å². The fourth-order valence-electron chi connectivity index (χ4n) is 2.26. The van der Waals surface area contributed by atoms with Gasteiger partial charge >= 0.3 is 0 Å². The van der Waals surface area contributed by atoms with Crippen molar-refractivity contribution in [2.75, 3.05) is 26.3 Å². The lowest BCUT2D eigenvalue weighted by Gasteiger charge is -2.22. The lowest BCUT2D eigenvalue weighted by Crippen LogP contribution is -2.27. The van der Waals surface area contributed by atoms with Crippen LogP contribution in [0.4, 0.5) is 0 Å². The van der Waals surface area contributed by atoms with Crippen molar-refractivity contribution >= 4 is 0 Å². The summed E-state index contributed by atoms with van der Waals surface area (Å²) < 4.78 is 5.63. The van der Waals surface area contributed by atoms with Crippen LogP contribution < -0.4 is 5.32 Å². The molecular formula is C18H31NO. The van der Waals surface area contributed by atoms with Gasteiger partial charge in [0.2, 0.25) is 0 Å². The quantitative estimate of drug-likeness (QED) is 0.651. The summed E-state index contributed by atoms with van der Waals surface area (Å²) in [6.07, 6.45) is 1.15. The Balaban J connectivity index is 2.21. The maximum atomic E-state index is 5.63. The molecule has 0 spiro atoms. The number of nitrogens with one attached hydrogen (secondary N) is 1. The molecular weight excluding hydrogens is 246 g/mol. The van der Waals surface area contributed by atoms with Gasteiger partial charge in [-0.25, -0.2) is 0 Å². The predicted octanol–water partition coefficient (Wildman–Crippen LogP) is 4.08. The largest absolute Gasteiger partial charge is 0.380 e. The van der Waals surface area contributed by atoms with E-state index in [0.717, 1.165) is 38.6 Å². The third kappa shape index (κ3) is 7.06. The van der Waals surface area contributed by atoms with Gasteiger partial charge in [-0.1, -0.05) is 58.0 Å². The first-order chi connectivity index (χ1) is 9.61. The second-order valence-electron chi connectivity index (χ2n) is 6.26. The zero-order valence-corrected chi connectivity index (χ0v) is 13.6. The molecule has 1 atom stereocenters. The first kappa shape index (κ1) is 17.2. The van der Waals surface area contributed by atoms with E-state index >= 15 is 0 Å². The molecule has 0 amide bonds. The van der Waals surface area contributed by atoms with E-state index in [1.165, 1.54) is 5.56 Å². The highest BCUT2D eigenvalue weighted by Crippen LogP contribution is 2.23. The van der Waals surface area contributed by atoms with Gasteiger partial charge in [0.15, 0.2) is 0 Å². The highest BCUT2D eigenvalue weighted by molar-refractivity contribution is 5.20. The summed E-state index contributed by atoms with van der Waals surface area (Å²) in [6, 6.07) is 10.8. The average Bonchev–Trinajstić information content (AvgIpc) is 2.42. The highest BCUT2D eigenvalue weighted by Gasteiger charge is 2.14. The summed E-state index contributed by atoms with van der Waals surface area (Å²) in [4.78, 5) is 0. The molecule has 0 aromatic heterocycles. The van der Waals surface area contributed by atoms with E-state index in [1.54, 1.807) is 0 Å². The standard InChI is InChI=1S/C18H31NO/c1-15(2)10-12-20-13-11-19-14-18(16(3)4)17-8-6-5-7-9-17/h5-9,15-16,18-19H,10-14H2,1-4H3. The Labute approximate surface area is 124 Å². The number of hydrogen-bond acceptors (Lipinski definition) is 2. The average molecular weight is 277 g/mol. The molecule has 1 rings (SSSR count). The Morgan fingerprint density at radius 1 is 1.00 bits per heavy atom. The Morgan fingerprint density at radius 2 is 1.70 bits per heavy atom. The second-order valence-corrected chi connectivity index (χ2v) is 6.26. The highest BCUT2D eigenvalue weighted by atomic mass is 16.5. The molecule has 2 nitrogen and oxygen atoms in total. The molecule has 20 heavy (non-hydrogen) atoms. The zero-order valence-electron chi connectivity index (χ0n) is 13.6. The monoisotopic (exact) mass is 277 g/mol. The minimum Gasteiger partial charge on any atom is -0.380 e. The van der Waals surface area contributed by atoms with Gasteiger partial charge < -0.3 is 10.1 Å². The van der Waals surface area contributed by atoms with Crippen LogP contribution in [0.5, 0.6) is 0 Å². The molecule has 0 aliphatic rings. The van der Waals surface area contributed by atoms with Gasteiger partial charge in [-0.2, -0.15) is 0 Å². The number of ether oxygens (including phenoxy) is 1. The summed E-state index contributed by atoms with van der Waals surface area (Å²) in [5.74, 6) is 1.95. The van der Waals surface area contributed by atoms with Crippen molar-refractivity contribution in [3.05, 3.63) is 35.9 Å². The molecule has 0 aliphatic carbocycles. The summed E-state index contributed by atoms with van der Waals surface area (Å²) in [6.45, 7) is 12.7. The van der Waals surface area contributed by atoms with Crippen LogP contribution in [-0.2, 0) is 4.74 Å². The topological polar surface area (TPSA) is 21.3 Å². The van der Waals surface area contributed by atoms with Gasteiger partial charge in [-0.05, 0) is 29.7 Å². The molecule has 0 aliphatic heterocycles. The second kappa shape index (κ2) is 9.95. The van der Waals surface area contributed by atoms with Crippen LogP contribution in [0.3, 0.4) is 0 Å². The number of benzene rings is 1. The molecule has 0 bridgehead atoms. The SMILES string of the molecule is CC(C)CCOCCNCC(c1ccccc1)C(C)C. The van der Waals surface area contributed by atoms with E-state index in [-0.39, 0.29) is 0 Å². The van der Waals surface area contributed by atoms with Crippen LogP contribution in [0.15, 0.2) is 30.3 Å². The fraction of sp³-hybridized carbons (Fsp3) is 0.667. The van der Waals surface area contributed by atoms with E-state index in [1.807, 2.05) is 0 Å². The van der Waals surface area contributed by atoms with Crippen molar-refractivity contribution in [3.63, 3.8) is 0 Å². The minimum atomic E-state index is 0.576. The normalized spacial score (nSPS) is 13.1. The van der Waals surface area contributed by atoms with Crippen molar-refractivity contribution < 1.29 is 4.74 Å². The maximum Gasteiger partial charge on any atom is 0.0590 e. The molecule has 0 heterocycles. The number of rotatable bonds is 10. The summed E-state index contributed by atoms with van der Waals surface area (Å²) >= 11 is 0. The Hall–Kier alpha value is -0.860. The summed E-state index contributed by atoms with van der Waals surface area (Å²) in [7, 11) is 0. The van der Waals surface area contributed by atoms with Crippen LogP contribution in [-0.4, -0.2) is 26.3 Å². The van der Waals surface area contributed by atoms with Crippen LogP contribution in [0.25, 0.3) is 0 Å². The van der Waals surface area contributed by atoms with Gasteiger partial charge in [0.25, 0.3) is 0 Å². The first-order valence-electron chi connectivity index (χ1n) is 7.94. The lowest BCUT2D eigenvalue weighted by atomic mass is 9.88. The van der Waals surface area contributed by atoms with Gasteiger partial charge in [0.1, 0.15) is 0 Å². The number of hydrogen-bond donors (Lipinski definition) is 1. The predicted molar refractivity (Wildman–Crippen MR) is 87.2 cm³/mol. The fourth-order valence-corrected chi connectivity index (χ4v) is 2.26. The minimum absolute atomic E-state index is 0.576.